The third-order valence-electron chi connectivity index (χ3n) is 0.960. The quantitative estimate of drug-likeness (QED) is 0.397. The van der Waals surface area contributed by atoms with Crippen LogP contribution in [0.1, 0.15) is 5.82 Å². The van der Waals surface area contributed by atoms with Gasteiger partial charge >= 0.3 is 0 Å². The van der Waals surface area contributed by atoms with Gasteiger partial charge in [-0.05, 0) is 11.6 Å². The molecule has 1 heterocycles. The van der Waals surface area contributed by atoms with Crippen molar-refractivity contribution in [3.05, 3.63) is 28.7 Å². The molecule has 0 amide bonds. The van der Waals surface area contributed by atoms with Gasteiger partial charge in [-0.2, -0.15) is 5.10 Å². The Morgan fingerprint density at radius 2 is 2.73 bits per heavy atom. The van der Waals surface area contributed by atoms with Crippen molar-refractivity contribution in [2.24, 2.45) is 5.11 Å². The summed E-state index contributed by atoms with van der Waals surface area (Å²) in [5.41, 5.74) is 7.91. The second kappa shape index (κ2) is 4.08. The molecule has 0 atom stereocenters. The predicted octanol–water partition coefficient (Wildman–Crippen LogP) is 1.13. The summed E-state index contributed by atoms with van der Waals surface area (Å²) in [5.74, 6) is 0.651. The Bertz CT molecular complexity index is 267. The van der Waals surface area contributed by atoms with E-state index >= 15 is 0 Å². The molecule has 0 aliphatic heterocycles. The van der Waals surface area contributed by atoms with Crippen LogP contribution in [0.25, 0.3) is 16.5 Å². The Morgan fingerprint density at radius 1 is 1.82 bits per heavy atom. The van der Waals surface area contributed by atoms with Crippen LogP contribution in [0.2, 0.25) is 0 Å². The van der Waals surface area contributed by atoms with E-state index in [1.165, 1.54) is 6.33 Å². The van der Waals surface area contributed by atoms with Gasteiger partial charge in [0.15, 0.2) is 0 Å². The summed E-state index contributed by atoms with van der Waals surface area (Å²) >= 11 is 0. The van der Waals surface area contributed by atoms with E-state index in [4.69, 9.17) is 5.53 Å². The van der Waals surface area contributed by atoms with Crippen molar-refractivity contribution in [1.29, 1.82) is 0 Å². The predicted molar refractivity (Wildman–Crippen MR) is 39.4 cm³/mol. The fourth-order valence-corrected chi connectivity index (χ4v) is 0.543. The normalized spacial score (nSPS) is 9.82. The first-order valence-electron chi connectivity index (χ1n) is 2.96. The Hall–Kier alpha value is -1.81. The number of aromatic amines is 1. The lowest BCUT2D eigenvalue weighted by atomic mass is 10.5. The number of hydrogen-bond donors (Lipinski definition) is 1. The number of nitrogens with one attached hydrogen (secondary N) is 1. The molecule has 56 valence electrons. The van der Waals surface area contributed by atoms with Gasteiger partial charge in [0.1, 0.15) is 12.2 Å². The highest BCUT2D eigenvalue weighted by atomic mass is 15.2. The minimum atomic E-state index is 0.331. The number of nitrogens with zero attached hydrogens (tertiary/aromatic N) is 5. The van der Waals surface area contributed by atoms with Gasteiger partial charge in [-0.15, -0.1) is 0 Å². The van der Waals surface area contributed by atoms with Crippen molar-refractivity contribution in [2.45, 2.75) is 0 Å². The molecule has 0 bridgehead atoms. The largest absolute Gasteiger partial charge is 0.260 e. The highest BCUT2D eigenvalue weighted by molar-refractivity contribution is 5.38. The molecule has 0 saturated carbocycles. The van der Waals surface area contributed by atoms with Gasteiger partial charge in [-0.25, -0.2) is 4.98 Å². The molecule has 1 rings (SSSR count). The Kier molecular flexibility index (Phi) is 2.71. The fourth-order valence-electron chi connectivity index (χ4n) is 0.543. The van der Waals surface area contributed by atoms with E-state index in [0.29, 0.717) is 12.4 Å². The molecule has 6 heteroatoms. The van der Waals surface area contributed by atoms with E-state index in [-0.39, 0.29) is 0 Å². The maximum atomic E-state index is 7.91. The standard InChI is InChI=1S/C5H6N6/c6-11-8-3-1-2-5-7-4-9-10-5/h1-2,4H,3H2,(H,7,9,10). The van der Waals surface area contributed by atoms with Crippen molar-refractivity contribution in [2.75, 3.05) is 6.54 Å². The fraction of sp³-hybridized carbons (Fsp3) is 0.200. The maximum absolute atomic E-state index is 7.91. The summed E-state index contributed by atoms with van der Waals surface area (Å²) in [6.07, 6.45) is 4.80. The van der Waals surface area contributed by atoms with Crippen LogP contribution in [0, 0.1) is 0 Å². The smallest absolute Gasteiger partial charge is 0.147 e. The molecule has 11 heavy (non-hydrogen) atoms. The number of rotatable bonds is 3. The van der Waals surface area contributed by atoms with Crippen molar-refractivity contribution in [3.8, 4) is 0 Å². The first kappa shape index (κ1) is 7.30. The second-order valence-corrected chi connectivity index (χ2v) is 1.69. The molecule has 1 N–H and O–H groups in total. The summed E-state index contributed by atoms with van der Waals surface area (Å²) in [5, 5.41) is 9.56. The van der Waals surface area contributed by atoms with Gasteiger partial charge in [0, 0.05) is 11.5 Å². The van der Waals surface area contributed by atoms with Crippen molar-refractivity contribution in [1.82, 2.24) is 15.2 Å². The number of H-pyrrole nitrogens is 1. The summed E-state index contributed by atoms with van der Waals surface area (Å²) in [6, 6.07) is 0. The van der Waals surface area contributed by atoms with Crippen molar-refractivity contribution >= 4 is 6.08 Å². The lowest BCUT2D eigenvalue weighted by Gasteiger charge is -1.78. The van der Waals surface area contributed by atoms with E-state index in [1.54, 1.807) is 12.2 Å². The topological polar surface area (TPSA) is 90.3 Å². The summed E-state index contributed by atoms with van der Waals surface area (Å²) in [4.78, 5) is 6.41. The molecule has 0 saturated heterocycles. The first-order chi connectivity index (χ1) is 5.43. The van der Waals surface area contributed by atoms with E-state index < -0.39 is 0 Å². The number of hydrogen-bond acceptors (Lipinski definition) is 3. The van der Waals surface area contributed by atoms with Crippen LogP contribution in [0.5, 0.6) is 0 Å². The van der Waals surface area contributed by atoms with E-state index in [1.807, 2.05) is 0 Å². The third-order valence-corrected chi connectivity index (χ3v) is 0.960. The zero-order valence-electron chi connectivity index (χ0n) is 5.68. The van der Waals surface area contributed by atoms with Crippen LogP contribution in [0.3, 0.4) is 0 Å². The van der Waals surface area contributed by atoms with E-state index in [0.717, 1.165) is 0 Å². The average molecular weight is 150 g/mol. The lowest BCUT2D eigenvalue weighted by molar-refractivity contribution is 1.08. The van der Waals surface area contributed by atoms with Gasteiger partial charge in [-0.3, -0.25) is 5.10 Å². The van der Waals surface area contributed by atoms with E-state index in [9.17, 15) is 0 Å². The zero-order valence-corrected chi connectivity index (χ0v) is 5.68. The van der Waals surface area contributed by atoms with Crippen molar-refractivity contribution < 1.29 is 0 Å². The first-order valence-corrected chi connectivity index (χ1v) is 2.96. The number of azide groups is 1. The molecule has 0 fully saturated rings. The summed E-state index contributed by atoms with van der Waals surface area (Å²) in [7, 11) is 0. The van der Waals surface area contributed by atoms with Gasteiger partial charge in [0.2, 0.25) is 0 Å². The summed E-state index contributed by atoms with van der Waals surface area (Å²) < 4.78 is 0. The van der Waals surface area contributed by atoms with Crippen LogP contribution < -0.4 is 0 Å². The number of aromatic nitrogens is 3. The molecular weight excluding hydrogens is 144 g/mol. The maximum Gasteiger partial charge on any atom is 0.147 e. The molecule has 0 spiro atoms. The molecule has 0 aliphatic carbocycles. The molecule has 0 aliphatic rings. The average Bonchev–Trinajstić information content (AvgIpc) is 2.50. The SMILES string of the molecule is [N-]=[N+]=NCC=Cc1ncn[nH]1. The molecular formula is C5H6N6. The zero-order chi connectivity index (χ0) is 7.94. The van der Waals surface area contributed by atoms with Crippen LogP contribution in [0.15, 0.2) is 17.5 Å². The highest BCUT2D eigenvalue weighted by Crippen LogP contribution is 1.88. The van der Waals surface area contributed by atoms with Crippen LogP contribution in [-0.4, -0.2) is 21.7 Å². The minimum Gasteiger partial charge on any atom is -0.260 e. The van der Waals surface area contributed by atoms with Crippen LogP contribution in [-0.2, 0) is 0 Å². The Morgan fingerprint density at radius 3 is 3.36 bits per heavy atom. The lowest BCUT2D eigenvalue weighted by Crippen LogP contribution is -1.75. The monoisotopic (exact) mass is 150 g/mol. The molecule has 0 unspecified atom stereocenters. The third kappa shape index (κ3) is 2.51. The van der Waals surface area contributed by atoms with Gasteiger partial charge in [0.05, 0.1) is 0 Å². The molecule has 1 aromatic heterocycles. The molecule has 0 aromatic carbocycles. The minimum absolute atomic E-state index is 0.331. The van der Waals surface area contributed by atoms with Gasteiger partial charge < -0.3 is 0 Å². The van der Waals surface area contributed by atoms with Crippen LogP contribution >= 0.6 is 0 Å². The van der Waals surface area contributed by atoms with Crippen LogP contribution in [0.4, 0.5) is 0 Å². The van der Waals surface area contributed by atoms with Gasteiger partial charge in [0.25, 0.3) is 0 Å². The summed E-state index contributed by atoms with van der Waals surface area (Å²) in [6.45, 7) is 0.331. The van der Waals surface area contributed by atoms with Crippen molar-refractivity contribution in [3.63, 3.8) is 0 Å². The highest BCUT2D eigenvalue weighted by Gasteiger charge is 1.83. The second-order valence-electron chi connectivity index (χ2n) is 1.69. The van der Waals surface area contributed by atoms with Gasteiger partial charge in [-0.1, -0.05) is 11.2 Å². The molecule has 1 aromatic rings. The Balaban J connectivity index is 2.42. The Labute approximate surface area is 62.6 Å². The molecule has 0 radical (unpaired) electrons. The van der Waals surface area contributed by atoms with E-state index in [2.05, 4.69) is 25.2 Å². The molecule has 6 nitrogen and oxygen atoms in total.